The molecule has 0 saturated carbocycles. The molecule has 0 saturated heterocycles. The largest absolute Gasteiger partial charge is 0.467 e. The van der Waals surface area contributed by atoms with Gasteiger partial charge in [-0.05, 0) is 6.08 Å². The van der Waals surface area contributed by atoms with Gasteiger partial charge in [0.05, 0.1) is 7.11 Å². The molecule has 0 aliphatic heterocycles. The molecule has 2 N–H and O–H groups in total. The first-order chi connectivity index (χ1) is 5.58. The summed E-state index contributed by atoms with van der Waals surface area (Å²) in [7, 11) is 2.76. The fraction of sp³-hybridized carbons (Fsp3) is 0.429. The molecule has 0 heterocycles. The van der Waals surface area contributed by atoms with E-state index in [4.69, 9.17) is 0 Å². The molecule has 5 heteroatoms. The highest BCUT2D eigenvalue weighted by Crippen LogP contribution is 1.71. The van der Waals surface area contributed by atoms with Crippen molar-refractivity contribution in [2.75, 3.05) is 20.8 Å². The summed E-state index contributed by atoms with van der Waals surface area (Å²) in [4.78, 5) is 19.5. The number of nitrogens with two attached hydrogens (primary N) is 1. The first kappa shape index (κ1) is 13.2. The number of carbonyl (C=O) groups excluding carboxylic acids is 2. The minimum absolute atomic E-state index is 0.0382. The number of carbonyl (C=O) groups is 2. The van der Waals surface area contributed by atoms with Crippen LogP contribution in [0.3, 0.4) is 0 Å². The minimum Gasteiger partial charge on any atom is -0.467 e. The Balaban J connectivity index is 0. The van der Waals surface area contributed by atoms with Crippen LogP contribution in [0.25, 0.3) is 0 Å². The normalized spacial score (nSPS) is 7.50. The fourth-order valence-electron chi connectivity index (χ4n) is 0.177. The maximum atomic E-state index is 10.1. The second-order valence-electron chi connectivity index (χ2n) is 1.62. The summed E-state index contributed by atoms with van der Waals surface area (Å²) in [6.07, 6.45) is 1.06. The van der Waals surface area contributed by atoms with Crippen LogP contribution in [0.4, 0.5) is 0 Å². The van der Waals surface area contributed by atoms with E-state index < -0.39 is 5.91 Å². The molecule has 12 heavy (non-hydrogen) atoms. The van der Waals surface area contributed by atoms with Crippen LogP contribution < -0.4 is 5.73 Å². The van der Waals surface area contributed by atoms with Crippen LogP contribution in [0, 0.1) is 0 Å². The van der Waals surface area contributed by atoms with Crippen molar-refractivity contribution < 1.29 is 19.1 Å². The molecule has 1 amide bonds. The molecular formula is C7H13NO4. The number of hydrogen-bond donors (Lipinski definition) is 1. The zero-order chi connectivity index (χ0) is 9.98. The number of amides is 1. The SMILES string of the molecule is C=CC(N)=O.COCC(=O)OC. The first-order valence-electron chi connectivity index (χ1n) is 3.06. The summed E-state index contributed by atoms with van der Waals surface area (Å²) >= 11 is 0. The van der Waals surface area contributed by atoms with E-state index in [-0.39, 0.29) is 12.6 Å². The lowest BCUT2D eigenvalue weighted by Crippen LogP contribution is -2.07. The highest BCUT2D eigenvalue weighted by molar-refractivity contribution is 5.84. The lowest BCUT2D eigenvalue weighted by Gasteiger charge is -1.92. The van der Waals surface area contributed by atoms with Crippen LogP contribution in [0.15, 0.2) is 12.7 Å². The average molecular weight is 175 g/mol. The smallest absolute Gasteiger partial charge is 0.331 e. The van der Waals surface area contributed by atoms with Crippen LogP contribution in [-0.4, -0.2) is 32.7 Å². The second-order valence-corrected chi connectivity index (χ2v) is 1.62. The van der Waals surface area contributed by atoms with Gasteiger partial charge in [0.2, 0.25) is 5.91 Å². The molecule has 0 aliphatic rings. The Morgan fingerprint density at radius 1 is 1.50 bits per heavy atom. The minimum atomic E-state index is -0.481. The highest BCUT2D eigenvalue weighted by atomic mass is 16.6. The number of rotatable bonds is 3. The zero-order valence-electron chi connectivity index (χ0n) is 7.20. The van der Waals surface area contributed by atoms with Gasteiger partial charge in [-0.15, -0.1) is 0 Å². The molecule has 0 aromatic carbocycles. The molecule has 70 valence electrons. The number of esters is 1. The molecule has 0 aromatic rings. The lowest BCUT2D eigenvalue weighted by molar-refractivity contribution is -0.144. The van der Waals surface area contributed by atoms with E-state index in [1.807, 2.05) is 0 Å². The van der Waals surface area contributed by atoms with Gasteiger partial charge in [0.15, 0.2) is 0 Å². The van der Waals surface area contributed by atoms with Crippen molar-refractivity contribution in [3.05, 3.63) is 12.7 Å². The summed E-state index contributed by atoms with van der Waals surface area (Å²) in [5.41, 5.74) is 4.53. The van der Waals surface area contributed by atoms with Crippen LogP contribution >= 0.6 is 0 Å². The number of methoxy groups -OCH3 is 2. The molecule has 0 spiro atoms. The molecule has 0 aromatic heterocycles. The Kier molecular flexibility index (Phi) is 10.6. The van der Waals surface area contributed by atoms with Crippen molar-refractivity contribution >= 4 is 11.9 Å². The third-order valence-electron chi connectivity index (χ3n) is 0.691. The van der Waals surface area contributed by atoms with E-state index >= 15 is 0 Å². The van der Waals surface area contributed by atoms with E-state index in [0.717, 1.165) is 6.08 Å². The van der Waals surface area contributed by atoms with E-state index in [1.165, 1.54) is 14.2 Å². The van der Waals surface area contributed by atoms with Gasteiger partial charge in [-0.1, -0.05) is 6.58 Å². The molecule has 0 fully saturated rings. The lowest BCUT2D eigenvalue weighted by atomic mass is 10.6. The van der Waals surface area contributed by atoms with E-state index in [1.54, 1.807) is 0 Å². The van der Waals surface area contributed by atoms with Gasteiger partial charge >= 0.3 is 5.97 Å². The number of ether oxygens (including phenoxy) is 2. The maximum Gasteiger partial charge on any atom is 0.331 e. The van der Waals surface area contributed by atoms with Crippen molar-refractivity contribution in [3.8, 4) is 0 Å². The average Bonchev–Trinajstić information content (AvgIpc) is 2.06. The van der Waals surface area contributed by atoms with Crippen molar-refractivity contribution in [3.63, 3.8) is 0 Å². The van der Waals surface area contributed by atoms with Crippen molar-refractivity contribution in [2.45, 2.75) is 0 Å². The summed E-state index contributed by atoms with van der Waals surface area (Å²) in [5, 5.41) is 0. The van der Waals surface area contributed by atoms with Crippen LogP contribution in [-0.2, 0) is 19.1 Å². The standard InChI is InChI=1S/C4H8O3.C3H5NO/c1-6-3-4(5)7-2;1-2-3(4)5/h3H2,1-2H3;2H,1H2,(H2,4,5). The van der Waals surface area contributed by atoms with E-state index in [0.29, 0.717) is 0 Å². The van der Waals surface area contributed by atoms with Crippen LogP contribution in [0.2, 0.25) is 0 Å². The monoisotopic (exact) mass is 175 g/mol. The van der Waals surface area contributed by atoms with Crippen molar-refractivity contribution in [1.29, 1.82) is 0 Å². The summed E-state index contributed by atoms with van der Waals surface area (Å²) in [6.45, 7) is 3.12. The molecule has 0 atom stereocenters. The molecule has 0 unspecified atom stereocenters. The Labute approximate surface area is 71.1 Å². The Morgan fingerprint density at radius 2 is 1.92 bits per heavy atom. The third-order valence-corrected chi connectivity index (χ3v) is 0.691. The molecule has 0 bridgehead atoms. The van der Waals surface area contributed by atoms with Crippen molar-refractivity contribution in [1.82, 2.24) is 0 Å². The van der Waals surface area contributed by atoms with Gasteiger partial charge in [0.25, 0.3) is 0 Å². The van der Waals surface area contributed by atoms with E-state index in [9.17, 15) is 9.59 Å². The van der Waals surface area contributed by atoms with Gasteiger partial charge in [0.1, 0.15) is 6.61 Å². The Bertz CT molecular complexity index is 155. The van der Waals surface area contributed by atoms with Crippen molar-refractivity contribution in [2.24, 2.45) is 5.73 Å². The summed E-state index contributed by atoms with van der Waals surface area (Å²) in [6, 6.07) is 0. The topological polar surface area (TPSA) is 78.6 Å². The molecule has 5 nitrogen and oxygen atoms in total. The van der Waals surface area contributed by atoms with Crippen LogP contribution in [0.5, 0.6) is 0 Å². The maximum absolute atomic E-state index is 10.1. The molecule has 0 rings (SSSR count). The second kappa shape index (κ2) is 9.64. The Morgan fingerprint density at radius 3 is 2.00 bits per heavy atom. The fourth-order valence-corrected chi connectivity index (χ4v) is 0.177. The summed E-state index contributed by atoms with van der Waals surface area (Å²) in [5.74, 6) is -0.826. The van der Waals surface area contributed by atoms with Gasteiger partial charge < -0.3 is 15.2 Å². The first-order valence-corrected chi connectivity index (χ1v) is 3.06. The highest BCUT2D eigenvalue weighted by Gasteiger charge is 1.93. The Hall–Kier alpha value is -1.36. The molecule has 0 radical (unpaired) electrons. The van der Waals surface area contributed by atoms with E-state index in [2.05, 4.69) is 21.8 Å². The zero-order valence-corrected chi connectivity index (χ0v) is 7.20. The van der Waals surface area contributed by atoms with Gasteiger partial charge in [-0.2, -0.15) is 0 Å². The van der Waals surface area contributed by atoms with Gasteiger partial charge in [-0.25, -0.2) is 4.79 Å². The summed E-state index contributed by atoms with van der Waals surface area (Å²) < 4.78 is 8.65. The van der Waals surface area contributed by atoms with Crippen LogP contribution in [0.1, 0.15) is 0 Å². The number of hydrogen-bond acceptors (Lipinski definition) is 4. The quantitative estimate of drug-likeness (QED) is 0.461. The predicted molar refractivity (Wildman–Crippen MR) is 43.3 cm³/mol. The molecular weight excluding hydrogens is 162 g/mol. The van der Waals surface area contributed by atoms with Gasteiger partial charge in [-0.3, -0.25) is 4.79 Å². The number of primary amides is 1. The van der Waals surface area contributed by atoms with Gasteiger partial charge in [0, 0.05) is 7.11 Å². The predicted octanol–water partition coefficient (Wildman–Crippen LogP) is -0.536. The third kappa shape index (κ3) is 15.9. The molecule has 0 aliphatic carbocycles.